The predicted molar refractivity (Wildman–Crippen MR) is 187 cm³/mol. The lowest BCUT2D eigenvalue weighted by Crippen LogP contribution is -2.47. The highest BCUT2D eigenvalue weighted by Crippen LogP contribution is 2.34. The number of unbranched alkanes of at least 4 members (excludes halogenated alkanes) is 2. The fourth-order valence-corrected chi connectivity index (χ4v) is 4.92. The molecule has 0 radical (unpaired) electrons. The second kappa shape index (κ2) is 19.8. The number of amides is 2. The first-order valence-electron chi connectivity index (χ1n) is 16.5. The number of ether oxygens (including phenoxy) is 2. The topological polar surface area (TPSA) is 158 Å². The lowest BCUT2D eigenvalue weighted by Gasteiger charge is -2.15. The van der Waals surface area contributed by atoms with E-state index in [4.69, 9.17) is 15.2 Å². The normalized spacial score (nSPS) is 12.6. The molecular weight excluding hydrogens is 617 g/mol. The van der Waals surface area contributed by atoms with E-state index in [1.807, 2.05) is 33.8 Å². The Morgan fingerprint density at radius 1 is 1.19 bits per heavy atom. The Morgan fingerprint density at radius 3 is 2.52 bits per heavy atom. The summed E-state index contributed by atoms with van der Waals surface area (Å²) in [5.41, 5.74) is 9.47. The average Bonchev–Trinajstić information content (AvgIpc) is 3.43. The van der Waals surface area contributed by atoms with Gasteiger partial charge in [-0.15, -0.1) is 6.58 Å². The molecule has 4 rings (SSSR count). The number of pyridine rings is 2. The van der Waals surface area contributed by atoms with Gasteiger partial charge in [0.15, 0.2) is 0 Å². The number of hydrogen-bond donors (Lipinski definition) is 4. The van der Waals surface area contributed by atoms with Gasteiger partial charge in [-0.1, -0.05) is 53.5 Å². The van der Waals surface area contributed by atoms with Crippen LogP contribution in [-0.2, 0) is 32.2 Å². The molecule has 0 saturated heterocycles. The molecule has 1 aliphatic rings. The molecule has 1 aliphatic heterocycles. The number of nitrogens with zero attached hydrogens (tertiary/aromatic N) is 2. The summed E-state index contributed by atoms with van der Waals surface area (Å²) in [6, 6.07) is 6.27. The first-order chi connectivity index (χ1) is 22.9. The molecule has 2 aromatic heterocycles. The van der Waals surface area contributed by atoms with Crippen LogP contribution < -0.4 is 21.9 Å². The van der Waals surface area contributed by atoms with Crippen molar-refractivity contribution in [2.24, 2.45) is 11.7 Å². The van der Waals surface area contributed by atoms with Crippen LogP contribution in [0.5, 0.6) is 0 Å². The number of aliphatic hydroxyl groups is 1. The molecule has 2 unspecified atom stereocenters. The van der Waals surface area contributed by atoms with Crippen LogP contribution in [0.2, 0.25) is 0 Å². The summed E-state index contributed by atoms with van der Waals surface area (Å²) in [6.45, 7) is 16.4. The fourth-order valence-electron chi connectivity index (χ4n) is 4.92. The number of carbonyl (C=O) groups is 2. The fraction of sp³-hybridized carbons (Fsp3) is 0.500. The lowest BCUT2D eigenvalue weighted by atomic mass is 10.0. The van der Waals surface area contributed by atoms with Crippen LogP contribution in [0.1, 0.15) is 82.2 Å². The van der Waals surface area contributed by atoms with Crippen LogP contribution >= 0.6 is 0 Å². The Hall–Kier alpha value is -3.97. The number of carbonyl (C=O) groups excluding carboxylic acids is 2. The van der Waals surface area contributed by atoms with E-state index in [9.17, 15) is 23.9 Å². The van der Waals surface area contributed by atoms with E-state index in [2.05, 4.69) is 29.1 Å². The molecule has 11 nitrogen and oxygen atoms in total. The molecule has 0 spiro atoms. The van der Waals surface area contributed by atoms with Gasteiger partial charge in [0.25, 0.3) is 5.56 Å². The van der Waals surface area contributed by atoms with Gasteiger partial charge >= 0.3 is 0 Å². The van der Waals surface area contributed by atoms with Gasteiger partial charge < -0.3 is 35.5 Å². The first kappa shape index (κ1) is 40.2. The number of benzene rings is 1. The zero-order chi connectivity index (χ0) is 36.0. The summed E-state index contributed by atoms with van der Waals surface area (Å²) >= 11 is 0. The molecule has 12 heteroatoms. The number of aromatic nitrogens is 2. The maximum atomic E-state index is 14.0. The van der Waals surface area contributed by atoms with Crippen molar-refractivity contribution in [2.45, 2.75) is 86.1 Å². The second-order valence-corrected chi connectivity index (χ2v) is 11.6. The van der Waals surface area contributed by atoms with Gasteiger partial charge in [-0.3, -0.25) is 14.4 Å². The number of nitrogens with two attached hydrogens (primary N) is 1. The van der Waals surface area contributed by atoms with Gasteiger partial charge in [-0.2, -0.15) is 0 Å². The number of nitrogens with one attached hydrogen (secondary N) is 2. The van der Waals surface area contributed by atoms with E-state index in [-0.39, 0.29) is 49.0 Å². The van der Waals surface area contributed by atoms with Crippen molar-refractivity contribution < 1.29 is 28.6 Å². The van der Waals surface area contributed by atoms with Gasteiger partial charge in [0.2, 0.25) is 11.8 Å². The number of hydrogen-bond acceptors (Lipinski definition) is 8. The molecule has 0 bridgehead atoms. The van der Waals surface area contributed by atoms with Crippen LogP contribution in [0.4, 0.5) is 4.39 Å². The zero-order valence-corrected chi connectivity index (χ0v) is 29.3. The minimum atomic E-state index is -0.988. The van der Waals surface area contributed by atoms with Gasteiger partial charge in [0.1, 0.15) is 12.5 Å². The van der Waals surface area contributed by atoms with Crippen LogP contribution in [0.3, 0.4) is 0 Å². The molecule has 2 amide bonds. The number of rotatable bonds is 14. The second-order valence-electron chi connectivity index (χ2n) is 11.6. The molecule has 1 aromatic carbocycles. The Balaban J connectivity index is 0.000000338. The lowest BCUT2D eigenvalue weighted by molar-refractivity contribution is -0.128. The maximum absolute atomic E-state index is 14.0. The molecule has 264 valence electrons. The number of aryl methyl sites for hydroxylation is 1. The van der Waals surface area contributed by atoms with Gasteiger partial charge in [0, 0.05) is 36.3 Å². The summed E-state index contributed by atoms with van der Waals surface area (Å²) < 4.78 is 26.0. The quantitative estimate of drug-likeness (QED) is 0.0860. The summed E-state index contributed by atoms with van der Waals surface area (Å²) in [4.78, 5) is 40.5. The Kier molecular flexibility index (Phi) is 16.5. The van der Waals surface area contributed by atoms with Crippen molar-refractivity contribution in [2.75, 3.05) is 27.0 Å². The van der Waals surface area contributed by atoms with Crippen molar-refractivity contribution in [3.8, 4) is 11.4 Å². The molecule has 48 heavy (non-hydrogen) atoms. The standard InChI is InChI=1S/C21H19FN2O3.C13H27N3O3.C2H6/c1-4-19(25)14-7-18-20-13(9-24(18)21(26)15(14)10-27-3)6-12-5-11(2)16(22)8-17(12)23-20;1-4-5-6-7-19-9-16-11(17)8-15-13(18)12(14)10(2)3;1-2/h4-8,19,25H,1,9-10H2,2-3H3;10,12H,4-9,14H2,1-3H3,(H,15,18)(H,16,17);1-2H3. The van der Waals surface area contributed by atoms with Crippen molar-refractivity contribution in [1.82, 2.24) is 20.2 Å². The Bertz CT molecular complexity index is 1610. The Labute approximate surface area is 282 Å². The van der Waals surface area contributed by atoms with Crippen LogP contribution in [0.15, 0.2) is 41.7 Å². The smallest absolute Gasteiger partial charge is 0.257 e. The molecule has 5 N–H and O–H groups in total. The maximum Gasteiger partial charge on any atom is 0.257 e. The summed E-state index contributed by atoms with van der Waals surface area (Å²) in [6.07, 6.45) is 3.63. The third kappa shape index (κ3) is 10.5. The number of halogens is 1. The Morgan fingerprint density at radius 2 is 1.90 bits per heavy atom. The van der Waals surface area contributed by atoms with Gasteiger partial charge in [0.05, 0.1) is 48.7 Å². The summed E-state index contributed by atoms with van der Waals surface area (Å²) in [7, 11) is 1.50. The average molecular weight is 670 g/mol. The first-order valence-corrected chi connectivity index (χ1v) is 16.5. The van der Waals surface area contributed by atoms with E-state index in [0.29, 0.717) is 46.7 Å². The highest BCUT2D eigenvalue weighted by atomic mass is 19.1. The molecule has 0 fully saturated rings. The minimum absolute atomic E-state index is 0.0463. The molecule has 2 atom stereocenters. The third-order valence-electron chi connectivity index (χ3n) is 7.72. The van der Waals surface area contributed by atoms with Gasteiger partial charge in [-0.05, 0) is 48.6 Å². The van der Waals surface area contributed by atoms with Crippen molar-refractivity contribution in [1.29, 1.82) is 0 Å². The van der Waals surface area contributed by atoms with E-state index >= 15 is 0 Å². The number of methoxy groups -OCH3 is 1. The monoisotopic (exact) mass is 669 g/mol. The summed E-state index contributed by atoms with van der Waals surface area (Å²) in [5.74, 6) is -0.859. The van der Waals surface area contributed by atoms with Crippen LogP contribution in [0, 0.1) is 18.7 Å². The van der Waals surface area contributed by atoms with Crippen LogP contribution in [0.25, 0.3) is 22.3 Å². The van der Waals surface area contributed by atoms with Gasteiger partial charge in [-0.25, -0.2) is 9.37 Å². The molecule has 3 aromatic rings. The largest absolute Gasteiger partial charge is 0.384 e. The van der Waals surface area contributed by atoms with Crippen molar-refractivity contribution in [3.63, 3.8) is 0 Å². The van der Waals surface area contributed by atoms with E-state index in [1.165, 1.54) is 19.3 Å². The van der Waals surface area contributed by atoms with E-state index in [0.717, 1.165) is 30.2 Å². The van der Waals surface area contributed by atoms with Crippen molar-refractivity contribution in [3.05, 3.63) is 75.3 Å². The predicted octanol–water partition coefficient (Wildman–Crippen LogP) is 4.63. The van der Waals surface area contributed by atoms with Crippen LogP contribution in [-0.4, -0.2) is 59.5 Å². The molecule has 0 aliphatic carbocycles. The SMILES string of the molecule is C=CC(O)c1cc2n(c(=O)c1COC)Cc1cc3cc(C)c(F)cc3nc1-2.CC.CCCCCOCNC(=O)CNC(=O)C(N)C(C)C. The minimum Gasteiger partial charge on any atom is -0.384 e. The highest BCUT2D eigenvalue weighted by Gasteiger charge is 2.27. The summed E-state index contributed by atoms with van der Waals surface area (Å²) in [5, 5.41) is 16.2. The third-order valence-corrected chi connectivity index (χ3v) is 7.72. The number of aliphatic hydroxyl groups excluding tert-OH is 1. The van der Waals surface area contributed by atoms with E-state index < -0.39 is 12.1 Å². The zero-order valence-electron chi connectivity index (χ0n) is 29.3. The molecular formula is C36H52FN5O6. The van der Waals surface area contributed by atoms with E-state index in [1.54, 1.807) is 23.6 Å². The molecule has 3 heterocycles. The molecule has 0 saturated carbocycles. The highest BCUT2D eigenvalue weighted by molar-refractivity contribution is 5.87. The number of fused-ring (bicyclic) bond motifs is 4. The van der Waals surface area contributed by atoms with Crippen molar-refractivity contribution >= 4 is 22.7 Å².